The van der Waals surface area contributed by atoms with Gasteiger partial charge in [-0.05, 0) is 50.1 Å². The van der Waals surface area contributed by atoms with Crippen LogP contribution in [0.25, 0.3) is 0 Å². The van der Waals surface area contributed by atoms with Crippen molar-refractivity contribution in [2.24, 2.45) is 0 Å². The predicted molar refractivity (Wildman–Crippen MR) is 93.0 cm³/mol. The van der Waals surface area contributed by atoms with Gasteiger partial charge in [0.25, 0.3) is 10.0 Å². The zero-order valence-corrected chi connectivity index (χ0v) is 14.8. The zero-order chi connectivity index (χ0) is 17.5. The molecule has 0 fully saturated rings. The number of aliphatic hydroxyl groups excluding tert-OH is 1. The fourth-order valence-corrected chi connectivity index (χ4v) is 4.84. The maximum atomic E-state index is 13.2. The van der Waals surface area contributed by atoms with E-state index in [9.17, 15) is 13.5 Å². The Morgan fingerprint density at radius 3 is 2.58 bits per heavy atom. The second-order valence-electron chi connectivity index (χ2n) is 6.08. The molecule has 1 heterocycles. The lowest BCUT2D eigenvalue weighted by Crippen LogP contribution is -2.37. The summed E-state index contributed by atoms with van der Waals surface area (Å²) in [6, 6.07) is 10.4. The van der Waals surface area contributed by atoms with Crippen molar-refractivity contribution in [3.8, 4) is 5.75 Å². The number of nitrogens with zero attached hydrogens (tertiary/aromatic N) is 1. The monoisotopic (exact) mass is 347 g/mol. The molecule has 0 radical (unpaired) electrons. The maximum Gasteiger partial charge on any atom is 0.264 e. The van der Waals surface area contributed by atoms with Crippen molar-refractivity contribution in [1.29, 1.82) is 0 Å². The van der Waals surface area contributed by atoms with Crippen LogP contribution in [0, 0.1) is 13.8 Å². The summed E-state index contributed by atoms with van der Waals surface area (Å²) in [5, 5.41) is 10.2. The Balaban J connectivity index is 2.12. The number of fused-ring (bicyclic) bond motifs is 1. The molecule has 0 spiro atoms. The largest absolute Gasteiger partial charge is 0.497 e. The third-order valence-electron chi connectivity index (χ3n) is 4.37. The third kappa shape index (κ3) is 2.76. The Morgan fingerprint density at radius 2 is 1.92 bits per heavy atom. The van der Waals surface area contributed by atoms with Crippen LogP contribution in [0.1, 0.15) is 29.2 Å². The number of sulfonamides is 1. The van der Waals surface area contributed by atoms with Gasteiger partial charge in [-0.3, -0.25) is 4.31 Å². The SMILES string of the molecule is COc1ccc2c(c1)C(O)CCN2S(=O)(=O)c1ccc(C)cc1C. The summed E-state index contributed by atoms with van der Waals surface area (Å²) in [6.45, 7) is 3.98. The Labute approximate surface area is 142 Å². The van der Waals surface area contributed by atoms with E-state index in [1.165, 1.54) is 4.31 Å². The lowest BCUT2D eigenvalue weighted by Gasteiger charge is -2.33. The Kier molecular flexibility index (Phi) is 4.27. The lowest BCUT2D eigenvalue weighted by molar-refractivity contribution is 0.166. The van der Waals surface area contributed by atoms with Crippen molar-refractivity contribution >= 4 is 15.7 Å². The van der Waals surface area contributed by atoms with Gasteiger partial charge in [-0.15, -0.1) is 0 Å². The van der Waals surface area contributed by atoms with Gasteiger partial charge in [0.15, 0.2) is 0 Å². The topological polar surface area (TPSA) is 66.8 Å². The summed E-state index contributed by atoms with van der Waals surface area (Å²) < 4.78 is 32.9. The second-order valence-corrected chi connectivity index (χ2v) is 7.91. The first kappa shape index (κ1) is 16.8. The van der Waals surface area contributed by atoms with Gasteiger partial charge in [0.1, 0.15) is 5.75 Å². The third-order valence-corrected chi connectivity index (χ3v) is 6.34. The number of hydrogen-bond acceptors (Lipinski definition) is 4. The van der Waals surface area contributed by atoms with Crippen LogP contribution >= 0.6 is 0 Å². The summed E-state index contributed by atoms with van der Waals surface area (Å²) in [5.74, 6) is 0.596. The number of methoxy groups -OCH3 is 1. The fourth-order valence-electron chi connectivity index (χ4n) is 3.13. The van der Waals surface area contributed by atoms with Gasteiger partial charge in [0.2, 0.25) is 0 Å². The van der Waals surface area contributed by atoms with Crippen LogP contribution in [-0.4, -0.2) is 27.2 Å². The fraction of sp³-hybridized carbons (Fsp3) is 0.333. The van der Waals surface area contributed by atoms with Crippen LogP contribution < -0.4 is 9.04 Å². The first-order valence-electron chi connectivity index (χ1n) is 7.80. The number of aryl methyl sites for hydroxylation is 2. The molecule has 0 amide bonds. The van der Waals surface area contributed by atoms with E-state index in [2.05, 4.69) is 0 Å². The van der Waals surface area contributed by atoms with Crippen LogP contribution in [0.15, 0.2) is 41.3 Å². The summed E-state index contributed by atoms with van der Waals surface area (Å²) in [6.07, 6.45) is -0.342. The quantitative estimate of drug-likeness (QED) is 0.927. The van der Waals surface area contributed by atoms with Crippen molar-refractivity contribution in [2.45, 2.75) is 31.3 Å². The van der Waals surface area contributed by atoms with Crippen LogP contribution in [0.4, 0.5) is 5.69 Å². The molecule has 1 atom stereocenters. The Hall–Kier alpha value is -2.05. The average molecular weight is 347 g/mol. The Morgan fingerprint density at radius 1 is 1.17 bits per heavy atom. The first-order valence-corrected chi connectivity index (χ1v) is 9.24. The van der Waals surface area contributed by atoms with Crippen LogP contribution in [-0.2, 0) is 10.0 Å². The average Bonchev–Trinajstić information content (AvgIpc) is 2.54. The minimum Gasteiger partial charge on any atom is -0.497 e. The number of anilines is 1. The van der Waals surface area contributed by atoms with Gasteiger partial charge in [0.05, 0.1) is 23.8 Å². The zero-order valence-electron chi connectivity index (χ0n) is 14.0. The minimum atomic E-state index is -3.68. The van der Waals surface area contributed by atoms with E-state index in [1.54, 1.807) is 44.4 Å². The molecule has 128 valence electrons. The van der Waals surface area contributed by atoms with Gasteiger partial charge < -0.3 is 9.84 Å². The van der Waals surface area contributed by atoms with Gasteiger partial charge in [-0.2, -0.15) is 0 Å². The molecule has 1 unspecified atom stereocenters. The number of hydrogen-bond donors (Lipinski definition) is 1. The summed E-state index contributed by atoms with van der Waals surface area (Å²) >= 11 is 0. The van der Waals surface area contributed by atoms with Gasteiger partial charge in [-0.25, -0.2) is 8.42 Å². The number of aliphatic hydroxyl groups is 1. The molecule has 1 N–H and O–H groups in total. The molecule has 0 saturated heterocycles. The van der Waals surface area contributed by atoms with Gasteiger partial charge in [0, 0.05) is 12.1 Å². The normalized spacial score (nSPS) is 17.5. The van der Waals surface area contributed by atoms with Gasteiger partial charge >= 0.3 is 0 Å². The number of rotatable bonds is 3. The molecule has 6 heteroatoms. The highest BCUT2D eigenvalue weighted by Crippen LogP contribution is 2.39. The van der Waals surface area contributed by atoms with Gasteiger partial charge in [-0.1, -0.05) is 17.7 Å². The predicted octanol–water partition coefficient (Wildman–Crippen LogP) is 2.94. The first-order chi connectivity index (χ1) is 11.3. The van der Waals surface area contributed by atoms with Crippen molar-refractivity contribution in [3.63, 3.8) is 0 Å². The highest BCUT2D eigenvalue weighted by molar-refractivity contribution is 7.92. The minimum absolute atomic E-state index is 0.246. The smallest absolute Gasteiger partial charge is 0.264 e. The molecule has 1 aliphatic rings. The number of benzene rings is 2. The van der Waals surface area contributed by atoms with E-state index in [1.807, 2.05) is 13.0 Å². The molecule has 2 aromatic rings. The van der Waals surface area contributed by atoms with Crippen molar-refractivity contribution in [3.05, 3.63) is 53.1 Å². The molecule has 0 saturated carbocycles. The molecule has 0 bridgehead atoms. The van der Waals surface area contributed by atoms with E-state index in [0.29, 0.717) is 28.3 Å². The molecular formula is C18H21NO4S. The lowest BCUT2D eigenvalue weighted by atomic mass is 10.0. The van der Waals surface area contributed by atoms with E-state index >= 15 is 0 Å². The molecule has 24 heavy (non-hydrogen) atoms. The van der Waals surface area contributed by atoms with Crippen LogP contribution in [0.5, 0.6) is 5.75 Å². The summed E-state index contributed by atoms with van der Waals surface area (Å²) in [5.41, 5.74) is 2.82. The van der Waals surface area contributed by atoms with E-state index in [0.717, 1.165) is 11.1 Å². The molecule has 2 aromatic carbocycles. The molecular weight excluding hydrogens is 326 g/mol. The molecule has 0 aliphatic carbocycles. The van der Waals surface area contributed by atoms with Crippen molar-refractivity contribution in [1.82, 2.24) is 0 Å². The molecule has 3 rings (SSSR count). The highest BCUT2D eigenvalue weighted by Gasteiger charge is 2.33. The van der Waals surface area contributed by atoms with E-state index in [4.69, 9.17) is 4.74 Å². The van der Waals surface area contributed by atoms with E-state index in [-0.39, 0.29) is 6.54 Å². The maximum absolute atomic E-state index is 13.2. The standard InChI is InChI=1S/C18H21NO4S/c1-12-4-7-18(13(2)10-12)24(21,22)19-9-8-17(20)15-11-14(23-3)5-6-16(15)19/h4-7,10-11,17,20H,8-9H2,1-3H3. The second kappa shape index (κ2) is 6.11. The Bertz CT molecular complexity index is 877. The van der Waals surface area contributed by atoms with E-state index < -0.39 is 16.1 Å². The molecule has 0 aromatic heterocycles. The van der Waals surface area contributed by atoms with Crippen LogP contribution in [0.2, 0.25) is 0 Å². The highest BCUT2D eigenvalue weighted by atomic mass is 32.2. The summed E-state index contributed by atoms with van der Waals surface area (Å²) in [4.78, 5) is 0.297. The molecule has 5 nitrogen and oxygen atoms in total. The number of ether oxygens (including phenoxy) is 1. The summed E-state index contributed by atoms with van der Waals surface area (Å²) in [7, 11) is -2.14. The molecule has 1 aliphatic heterocycles. The van der Waals surface area contributed by atoms with Crippen molar-refractivity contribution < 1.29 is 18.3 Å². The van der Waals surface area contributed by atoms with Crippen molar-refractivity contribution in [2.75, 3.05) is 18.0 Å². The van der Waals surface area contributed by atoms with Crippen LogP contribution in [0.3, 0.4) is 0 Å².